The van der Waals surface area contributed by atoms with Crippen molar-refractivity contribution in [1.82, 2.24) is 9.78 Å². The van der Waals surface area contributed by atoms with E-state index in [0.29, 0.717) is 11.4 Å². The van der Waals surface area contributed by atoms with Crippen LogP contribution in [0.2, 0.25) is 0 Å². The molecule has 2 aromatic rings. The zero-order chi connectivity index (χ0) is 16.5. The van der Waals surface area contributed by atoms with Crippen molar-refractivity contribution in [2.45, 2.75) is 44.4 Å². The summed E-state index contributed by atoms with van der Waals surface area (Å²) in [4.78, 5) is 0.230. The SMILES string of the molecule is CCc1ccccc1NS(=O)(=O)c1cn(C)nc1C(C)(C)C. The van der Waals surface area contributed by atoms with E-state index in [9.17, 15) is 8.42 Å². The molecule has 0 bridgehead atoms. The molecule has 1 N–H and O–H groups in total. The minimum Gasteiger partial charge on any atom is -0.279 e. The van der Waals surface area contributed by atoms with Crippen molar-refractivity contribution in [3.63, 3.8) is 0 Å². The van der Waals surface area contributed by atoms with Gasteiger partial charge in [-0.25, -0.2) is 8.42 Å². The Morgan fingerprint density at radius 1 is 1.23 bits per heavy atom. The molecule has 1 aromatic carbocycles. The summed E-state index contributed by atoms with van der Waals surface area (Å²) in [6.07, 6.45) is 2.31. The standard InChI is InChI=1S/C16H23N3O2S/c1-6-12-9-7-8-10-13(12)18-22(20,21)14-11-19(5)17-15(14)16(2,3)4/h7-11,18H,6H2,1-5H3. The first-order valence-corrected chi connectivity index (χ1v) is 8.78. The van der Waals surface area contributed by atoms with Crippen molar-refractivity contribution in [2.75, 3.05) is 4.72 Å². The van der Waals surface area contributed by atoms with Gasteiger partial charge in [-0.1, -0.05) is 45.9 Å². The number of para-hydroxylation sites is 1. The van der Waals surface area contributed by atoms with Crippen LogP contribution in [0.5, 0.6) is 0 Å². The highest BCUT2D eigenvalue weighted by Gasteiger charge is 2.29. The molecule has 2 rings (SSSR count). The van der Waals surface area contributed by atoms with Gasteiger partial charge in [-0.2, -0.15) is 5.10 Å². The summed E-state index contributed by atoms with van der Waals surface area (Å²) in [6, 6.07) is 7.43. The molecule has 0 radical (unpaired) electrons. The second-order valence-electron chi connectivity index (χ2n) is 6.38. The van der Waals surface area contributed by atoms with Gasteiger partial charge in [0.1, 0.15) is 4.90 Å². The maximum absolute atomic E-state index is 12.8. The number of anilines is 1. The minimum atomic E-state index is -3.67. The fourth-order valence-corrected chi connectivity index (χ4v) is 3.80. The van der Waals surface area contributed by atoms with Gasteiger partial charge >= 0.3 is 0 Å². The number of sulfonamides is 1. The Morgan fingerprint density at radius 2 is 1.86 bits per heavy atom. The van der Waals surface area contributed by atoms with Crippen LogP contribution >= 0.6 is 0 Å². The highest BCUT2D eigenvalue weighted by molar-refractivity contribution is 7.92. The van der Waals surface area contributed by atoms with Crippen molar-refractivity contribution < 1.29 is 8.42 Å². The number of aryl methyl sites for hydroxylation is 2. The van der Waals surface area contributed by atoms with Crippen molar-refractivity contribution >= 4 is 15.7 Å². The Kier molecular flexibility index (Phi) is 4.33. The summed E-state index contributed by atoms with van der Waals surface area (Å²) in [5, 5.41) is 4.33. The highest BCUT2D eigenvalue weighted by atomic mass is 32.2. The third-order valence-corrected chi connectivity index (χ3v) is 4.80. The van der Waals surface area contributed by atoms with E-state index < -0.39 is 10.0 Å². The fraction of sp³-hybridized carbons (Fsp3) is 0.438. The predicted molar refractivity (Wildman–Crippen MR) is 88.5 cm³/mol. The van der Waals surface area contributed by atoms with Crippen molar-refractivity contribution in [1.29, 1.82) is 0 Å². The van der Waals surface area contributed by atoms with E-state index in [2.05, 4.69) is 9.82 Å². The molecule has 22 heavy (non-hydrogen) atoms. The van der Waals surface area contributed by atoms with Crippen LogP contribution in [0.25, 0.3) is 0 Å². The van der Waals surface area contributed by atoms with E-state index in [1.54, 1.807) is 24.0 Å². The van der Waals surface area contributed by atoms with Crippen molar-refractivity contribution in [2.24, 2.45) is 7.05 Å². The van der Waals surface area contributed by atoms with E-state index in [0.717, 1.165) is 12.0 Å². The second-order valence-corrected chi connectivity index (χ2v) is 8.03. The number of hydrogen-bond donors (Lipinski definition) is 1. The zero-order valence-electron chi connectivity index (χ0n) is 13.7. The Bertz CT molecular complexity index is 771. The highest BCUT2D eigenvalue weighted by Crippen LogP contribution is 2.29. The quantitative estimate of drug-likeness (QED) is 0.941. The first kappa shape index (κ1) is 16.5. The molecule has 0 saturated heterocycles. The van der Waals surface area contributed by atoms with Gasteiger partial charge in [-0.15, -0.1) is 0 Å². The van der Waals surface area contributed by atoms with E-state index in [1.165, 1.54) is 0 Å². The molecule has 1 aromatic heterocycles. The zero-order valence-corrected chi connectivity index (χ0v) is 14.5. The first-order valence-electron chi connectivity index (χ1n) is 7.30. The molecule has 0 unspecified atom stereocenters. The molecule has 1 heterocycles. The number of nitrogens with one attached hydrogen (secondary N) is 1. The lowest BCUT2D eigenvalue weighted by molar-refractivity contribution is 0.539. The summed E-state index contributed by atoms with van der Waals surface area (Å²) in [5.74, 6) is 0. The second kappa shape index (κ2) is 5.76. The molecule has 0 atom stereocenters. The van der Waals surface area contributed by atoms with Gasteiger partial charge < -0.3 is 0 Å². The average molecular weight is 321 g/mol. The van der Waals surface area contributed by atoms with Crippen molar-refractivity contribution in [3.8, 4) is 0 Å². The number of hydrogen-bond acceptors (Lipinski definition) is 3. The number of rotatable bonds is 4. The van der Waals surface area contributed by atoms with Crippen molar-refractivity contribution in [3.05, 3.63) is 41.7 Å². The van der Waals surface area contributed by atoms with Gasteiger partial charge in [0.15, 0.2) is 0 Å². The summed E-state index contributed by atoms with van der Waals surface area (Å²) in [6.45, 7) is 7.86. The lowest BCUT2D eigenvalue weighted by atomic mass is 9.92. The lowest BCUT2D eigenvalue weighted by Crippen LogP contribution is -2.20. The topological polar surface area (TPSA) is 64.0 Å². The molecule has 0 saturated carbocycles. The molecule has 0 aliphatic heterocycles. The van der Waals surface area contributed by atoms with Crippen LogP contribution in [0.15, 0.2) is 35.4 Å². The van der Waals surface area contributed by atoms with Gasteiger partial charge in [-0.05, 0) is 18.1 Å². The van der Waals surface area contributed by atoms with E-state index in [4.69, 9.17) is 0 Å². The Balaban J connectivity index is 2.48. The first-order chi connectivity index (χ1) is 10.1. The fourth-order valence-electron chi connectivity index (χ4n) is 2.31. The third kappa shape index (κ3) is 3.32. The Morgan fingerprint density at radius 3 is 2.45 bits per heavy atom. The van der Waals surface area contributed by atoms with Gasteiger partial charge in [0.2, 0.25) is 0 Å². The number of aromatic nitrogens is 2. The molecular formula is C16H23N3O2S. The van der Waals surface area contributed by atoms with E-state index in [-0.39, 0.29) is 10.3 Å². The molecule has 0 fully saturated rings. The monoisotopic (exact) mass is 321 g/mol. The van der Waals surface area contributed by atoms with Gasteiger partial charge in [0, 0.05) is 18.7 Å². The predicted octanol–water partition coefficient (Wildman–Crippen LogP) is 3.08. The van der Waals surface area contributed by atoms with Gasteiger partial charge in [0.25, 0.3) is 10.0 Å². The van der Waals surface area contributed by atoms with Crippen LogP contribution in [0.3, 0.4) is 0 Å². The number of nitrogens with zero attached hydrogens (tertiary/aromatic N) is 2. The van der Waals surface area contributed by atoms with Gasteiger partial charge in [0.05, 0.1) is 11.4 Å². The Hall–Kier alpha value is -1.82. The van der Waals surface area contributed by atoms with E-state index >= 15 is 0 Å². The minimum absolute atomic E-state index is 0.230. The molecule has 5 nitrogen and oxygen atoms in total. The molecule has 120 valence electrons. The summed E-state index contributed by atoms with van der Waals surface area (Å²) in [5.41, 5.74) is 1.80. The Labute approximate surface area is 132 Å². The maximum Gasteiger partial charge on any atom is 0.265 e. The molecule has 0 aliphatic carbocycles. The largest absolute Gasteiger partial charge is 0.279 e. The van der Waals surface area contributed by atoms with Crippen LogP contribution in [0, 0.1) is 0 Å². The summed E-state index contributed by atoms with van der Waals surface area (Å²) < 4.78 is 29.8. The summed E-state index contributed by atoms with van der Waals surface area (Å²) in [7, 11) is -1.94. The lowest BCUT2D eigenvalue weighted by Gasteiger charge is -2.18. The van der Waals surface area contributed by atoms with Crippen LogP contribution in [-0.4, -0.2) is 18.2 Å². The van der Waals surface area contributed by atoms with Crippen LogP contribution < -0.4 is 4.72 Å². The molecule has 0 aliphatic rings. The summed E-state index contributed by atoms with van der Waals surface area (Å²) >= 11 is 0. The molecule has 0 amide bonds. The van der Waals surface area contributed by atoms with E-state index in [1.807, 2.05) is 45.9 Å². The van der Waals surface area contributed by atoms with Gasteiger partial charge in [-0.3, -0.25) is 9.40 Å². The third-order valence-electron chi connectivity index (χ3n) is 3.44. The average Bonchev–Trinajstić information content (AvgIpc) is 2.82. The molecule has 0 spiro atoms. The number of benzene rings is 1. The van der Waals surface area contributed by atoms with Crippen LogP contribution in [0.1, 0.15) is 39.0 Å². The van der Waals surface area contributed by atoms with Crippen LogP contribution in [-0.2, 0) is 28.9 Å². The van der Waals surface area contributed by atoms with Crippen LogP contribution in [0.4, 0.5) is 5.69 Å². The molecular weight excluding hydrogens is 298 g/mol. The normalized spacial score (nSPS) is 12.4. The molecule has 6 heteroatoms. The maximum atomic E-state index is 12.8. The smallest absolute Gasteiger partial charge is 0.265 e.